The second-order valence-electron chi connectivity index (χ2n) is 6.98. The number of carbonyl (C=O) groups excluding carboxylic acids is 1. The molecule has 10 nitrogen and oxygen atoms in total. The monoisotopic (exact) mass is 483 g/mol. The van der Waals surface area contributed by atoms with E-state index in [1.54, 1.807) is 29.2 Å². The van der Waals surface area contributed by atoms with Gasteiger partial charge in [-0.3, -0.25) is 15.0 Å². The molecule has 1 aliphatic heterocycles. The second kappa shape index (κ2) is 9.82. The van der Waals surface area contributed by atoms with E-state index in [1.807, 2.05) is 0 Å². The topological polar surface area (TPSA) is 119 Å². The number of non-ortho nitro benzene ring substituents is 1. The summed E-state index contributed by atoms with van der Waals surface area (Å²) in [7, 11) is -1.50. The first-order valence-electron chi connectivity index (χ1n) is 9.59. The average Bonchev–Trinajstić information content (AvgIpc) is 2.80. The maximum absolute atomic E-state index is 13.2. The number of halogens is 1. The fourth-order valence-electron chi connectivity index (χ4n) is 3.60. The Kier molecular flexibility index (Phi) is 7.34. The minimum absolute atomic E-state index is 0.0153. The molecule has 0 bridgehead atoms. The maximum atomic E-state index is 13.2. The molecule has 0 aliphatic carbocycles. The van der Waals surface area contributed by atoms with Crippen LogP contribution in [0.3, 0.4) is 0 Å². The number of methoxy groups -OCH3 is 2. The second-order valence-corrected chi connectivity index (χ2v) is 9.29. The first kappa shape index (κ1) is 23.9. The molecule has 1 unspecified atom stereocenters. The fraction of sp³-hybridized carbons (Fsp3) is 0.350. The van der Waals surface area contributed by atoms with E-state index in [0.717, 1.165) is 6.07 Å². The van der Waals surface area contributed by atoms with Crippen molar-refractivity contribution in [1.29, 1.82) is 0 Å². The van der Waals surface area contributed by atoms with E-state index in [4.69, 9.17) is 21.1 Å². The molecular weight excluding hydrogens is 462 g/mol. The van der Waals surface area contributed by atoms with Gasteiger partial charge in [0.15, 0.2) is 0 Å². The molecule has 1 heterocycles. The summed E-state index contributed by atoms with van der Waals surface area (Å²) in [5.41, 5.74) is 0.213. The Morgan fingerprint density at radius 3 is 2.34 bits per heavy atom. The molecule has 0 spiro atoms. The Morgan fingerprint density at radius 2 is 1.78 bits per heavy atom. The van der Waals surface area contributed by atoms with Crippen molar-refractivity contribution in [3.05, 3.63) is 63.2 Å². The molecule has 0 amide bonds. The Bertz CT molecular complexity index is 1120. The Morgan fingerprint density at radius 1 is 1.12 bits per heavy atom. The van der Waals surface area contributed by atoms with Gasteiger partial charge in [-0.15, -0.1) is 0 Å². The molecule has 1 fully saturated rings. The zero-order valence-corrected chi connectivity index (χ0v) is 19.0. The molecule has 3 rings (SSSR count). The number of hydrogen-bond acceptors (Lipinski definition) is 8. The number of piperazine rings is 1. The molecule has 1 atom stereocenters. The lowest BCUT2D eigenvalue weighted by Crippen LogP contribution is -2.51. The molecule has 2 aromatic carbocycles. The number of esters is 1. The van der Waals surface area contributed by atoms with E-state index < -0.39 is 27.0 Å². The van der Waals surface area contributed by atoms with Gasteiger partial charge in [0, 0.05) is 43.3 Å². The molecule has 0 radical (unpaired) electrons. The highest BCUT2D eigenvalue weighted by Gasteiger charge is 2.37. The Labute approximate surface area is 190 Å². The van der Waals surface area contributed by atoms with Gasteiger partial charge in [0.25, 0.3) is 5.69 Å². The molecule has 32 heavy (non-hydrogen) atoms. The minimum atomic E-state index is -4.07. The van der Waals surface area contributed by atoms with Crippen LogP contribution in [0.15, 0.2) is 47.4 Å². The molecule has 12 heteroatoms. The lowest BCUT2D eigenvalue weighted by Gasteiger charge is -2.37. The van der Waals surface area contributed by atoms with Gasteiger partial charge in [0.05, 0.1) is 19.1 Å². The summed E-state index contributed by atoms with van der Waals surface area (Å²) in [4.78, 5) is 24.5. The molecule has 0 N–H and O–H groups in total. The normalized spacial score (nSPS) is 16.3. The van der Waals surface area contributed by atoms with Gasteiger partial charge in [-0.05, 0) is 17.7 Å². The Balaban J connectivity index is 1.86. The van der Waals surface area contributed by atoms with Crippen LogP contribution in [0.25, 0.3) is 0 Å². The summed E-state index contributed by atoms with van der Waals surface area (Å²) in [5, 5.41) is 11.5. The number of carbonyl (C=O) groups is 1. The van der Waals surface area contributed by atoms with E-state index in [9.17, 15) is 23.3 Å². The van der Waals surface area contributed by atoms with E-state index in [-0.39, 0.29) is 42.5 Å². The fourth-order valence-corrected chi connectivity index (χ4v) is 5.44. The van der Waals surface area contributed by atoms with Gasteiger partial charge >= 0.3 is 5.97 Å². The highest BCUT2D eigenvalue weighted by atomic mass is 35.5. The van der Waals surface area contributed by atoms with E-state index in [2.05, 4.69) is 0 Å². The lowest BCUT2D eigenvalue weighted by molar-refractivity contribution is -0.385. The zero-order chi connectivity index (χ0) is 23.5. The third-order valence-corrected chi connectivity index (χ3v) is 7.50. The minimum Gasteiger partial charge on any atom is -0.495 e. The van der Waals surface area contributed by atoms with Crippen LogP contribution in [0.1, 0.15) is 11.6 Å². The smallest absolute Gasteiger partial charge is 0.327 e. The number of rotatable bonds is 7. The van der Waals surface area contributed by atoms with Crippen molar-refractivity contribution in [2.45, 2.75) is 10.9 Å². The van der Waals surface area contributed by atoms with Crippen LogP contribution < -0.4 is 4.74 Å². The maximum Gasteiger partial charge on any atom is 0.327 e. The van der Waals surface area contributed by atoms with Crippen LogP contribution in [0, 0.1) is 10.1 Å². The number of benzene rings is 2. The first-order valence-corrected chi connectivity index (χ1v) is 11.4. The van der Waals surface area contributed by atoms with E-state index in [1.165, 1.54) is 30.7 Å². The van der Waals surface area contributed by atoms with Crippen molar-refractivity contribution in [3.63, 3.8) is 0 Å². The number of ether oxygens (including phenoxy) is 2. The molecule has 0 aromatic heterocycles. The summed E-state index contributed by atoms with van der Waals surface area (Å²) in [6, 6.07) is 9.53. The molecule has 1 aliphatic rings. The quantitative estimate of drug-likeness (QED) is 0.334. The predicted molar refractivity (Wildman–Crippen MR) is 116 cm³/mol. The predicted octanol–water partition coefficient (Wildman–Crippen LogP) is 2.48. The van der Waals surface area contributed by atoms with Crippen LogP contribution in [-0.4, -0.2) is 68.9 Å². The summed E-state index contributed by atoms with van der Waals surface area (Å²) in [6.07, 6.45) is 0. The van der Waals surface area contributed by atoms with Gasteiger partial charge in [-0.25, -0.2) is 13.2 Å². The SMILES string of the molecule is COC(=O)C(c1ccccc1Cl)N1CCN(S(=O)(=O)c2cc([N+](=O)[O-])ccc2OC)CC1. The molecular formula is C20H22ClN3O7S. The molecule has 2 aromatic rings. The Hall–Kier alpha value is -2.73. The van der Waals surface area contributed by atoms with Crippen LogP contribution in [0.2, 0.25) is 5.02 Å². The number of hydrogen-bond donors (Lipinski definition) is 0. The molecule has 1 saturated heterocycles. The van der Waals surface area contributed by atoms with E-state index >= 15 is 0 Å². The largest absolute Gasteiger partial charge is 0.495 e. The van der Waals surface area contributed by atoms with Crippen LogP contribution in [0.5, 0.6) is 5.75 Å². The summed E-state index contributed by atoms with van der Waals surface area (Å²) < 4.78 is 37.7. The number of nitro groups is 1. The lowest BCUT2D eigenvalue weighted by atomic mass is 10.0. The first-order chi connectivity index (χ1) is 15.2. The van der Waals surface area contributed by atoms with Crippen molar-refractivity contribution in [3.8, 4) is 5.75 Å². The van der Waals surface area contributed by atoms with Crippen LogP contribution in [-0.2, 0) is 19.6 Å². The van der Waals surface area contributed by atoms with Crippen LogP contribution in [0.4, 0.5) is 5.69 Å². The van der Waals surface area contributed by atoms with Gasteiger partial charge in [-0.1, -0.05) is 29.8 Å². The van der Waals surface area contributed by atoms with Crippen molar-refractivity contribution in [2.24, 2.45) is 0 Å². The average molecular weight is 484 g/mol. The van der Waals surface area contributed by atoms with Gasteiger partial charge in [0.1, 0.15) is 16.7 Å². The highest BCUT2D eigenvalue weighted by molar-refractivity contribution is 7.89. The summed E-state index contributed by atoms with van der Waals surface area (Å²) in [6.45, 7) is 0.571. The summed E-state index contributed by atoms with van der Waals surface area (Å²) in [5.74, 6) is -0.490. The van der Waals surface area contributed by atoms with Gasteiger partial charge in [0.2, 0.25) is 10.0 Å². The van der Waals surface area contributed by atoms with Crippen molar-refractivity contribution < 1.29 is 27.6 Å². The molecule has 172 valence electrons. The summed E-state index contributed by atoms with van der Waals surface area (Å²) >= 11 is 6.28. The molecule has 0 saturated carbocycles. The third-order valence-electron chi connectivity index (χ3n) is 5.24. The van der Waals surface area contributed by atoms with Gasteiger partial charge in [-0.2, -0.15) is 4.31 Å². The number of sulfonamides is 1. The van der Waals surface area contributed by atoms with E-state index in [0.29, 0.717) is 10.6 Å². The van der Waals surface area contributed by atoms with Crippen LogP contribution >= 0.6 is 11.6 Å². The number of nitro benzene ring substituents is 1. The zero-order valence-electron chi connectivity index (χ0n) is 17.4. The third kappa shape index (κ3) is 4.70. The highest BCUT2D eigenvalue weighted by Crippen LogP contribution is 2.33. The van der Waals surface area contributed by atoms with Crippen molar-refractivity contribution in [2.75, 3.05) is 40.4 Å². The number of nitrogens with zero attached hydrogens (tertiary/aromatic N) is 3. The van der Waals surface area contributed by atoms with Crippen molar-refractivity contribution in [1.82, 2.24) is 9.21 Å². The van der Waals surface area contributed by atoms with Crippen molar-refractivity contribution >= 4 is 33.3 Å². The van der Waals surface area contributed by atoms with Gasteiger partial charge < -0.3 is 9.47 Å². The standard InChI is InChI=1S/C20H22ClN3O7S/c1-30-17-8-7-14(24(26)27)13-18(17)32(28,29)23-11-9-22(10-12-23)19(20(25)31-2)15-5-3-4-6-16(15)21/h3-8,13,19H,9-12H2,1-2H3.